The first-order valence-corrected chi connectivity index (χ1v) is 7.48. The van der Waals surface area contributed by atoms with Crippen molar-refractivity contribution >= 4 is 28.0 Å². The van der Waals surface area contributed by atoms with Crippen molar-refractivity contribution in [3.63, 3.8) is 0 Å². The van der Waals surface area contributed by atoms with Gasteiger partial charge in [0.1, 0.15) is 18.2 Å². The second kappa shape index (κ2) is 7.89. The summed E-state index contributed by atoms with van der Waals surface area (Å²) in [5.41, 5.74) is 6.91. The Morgan fingerprint density at radius 2 is 2.17 bits per heavy atom. The lowest BCUT2D eigenvalue weighted by atomic mass is 10.2. The molecule has 0 bridgehead atoms. The van der Waals surface area contributed by atoms with Crippen LogP contribution in [0, 0.1) is 0 Å². The molecule has 7 nitrogen and oxygen atoms in total. The van der Waals surface area contributed by atoms with Crippen LogP contribution < -0.4 is 15.2 Å². The highest BCUT2D eigenvalue weighted by atomic mass is 79.9. The number of anilines is 1. The first kappa shape index (κ1) is 17.2. The number of aromatic nitrogens is 2. The molecule has 0 aliphatic carbocycles. The Labute approximate surface area is 141 Å². The molecule has 0 saturated carbocycles. The minimum atomic E-state index is -0.429. The Balaban J connectivity index is 2.33. The fourth-order valence-electron chi connectivity index (χ4n) is 1.89. The van der Waals surface area contributed by atoms with Gasteiger partial charge >= 0.3 is 0 Å². The highest BCUT2D eigenvalue weighted by Gasteiger charge is 2.17. The second-order valence-electron chi connectivity index (χ2n) is 4.61. The summed E-state index contributed by atoms with van der Waals surface area (Å²) in [7, 11) is 1.51. The van der Waals surface area contributed by atoms with Crippen LogP contribution in [0.2, 0.25) is 0 Å². The van der Waals surface area contributed by atoms with Gasteiger partial charge in [-0.05, 0) is 35.0 Å². The summed E-state index contributed by atoms with van der Waals surface area (Å²) in [4.78, 5) is 19.0. The van der Waals surface area contributed by atoms with Crippen LogP contribution in [0.3, 0.4) is 0 Å². The van der Waals surface area contributed by atoms with Crippen LogP contribution in [0.1, 0.15) is 28.9 Å². The summed E-state index contributed by atoms with van der Waals surface area (Å²) in [6, 6.07) is 3.23. The molecule has 0 amide bonds. The zero-order chi connectivity index (χ0) is 16.8. The van der Waals surface area contributed by atoms with E-state index in [4.69, 9.17) is 19.9 Å². The number of rotatable bonds is 7. The van der Waals surface area contributed by atoms with E-state index in [1.807, 2.05) is 0 Å². The van der Waals surface area contributed by atoms with E-state index in [-0.39, 0.29) is 6.79 Å². The van der Waals surface area contributed by atoms with Crippen molar-refractivity contribution in [2.24, 2.45) is 0 Å². The maximum absolute atomic E-state index is 11.1. The molecule has 8 heteroatoms. The zero-order valence-electron chi connectivity index (χ0n) is 12.7. The van der Waals surface area contributed by atoms with Crippen molar-refractivity contribution in [1.29, 1.82) is 0 Å². The minimum Gasteiger partial charge on any atom is -0.482 e. The van der Waals surface area contributed by atoms with Crippen LogP contribution in [0.25, 0.3) is 0 Å². The molecule has 0 saturated heterocycles. The Bertz CT molecular complexity index is 696. The Hall–Kier alpha value is -2.19. The van der Waals surface area contributed by atoms with Crippen molar-refractivity contribution in [2.75, 3.05) is 19.6 Å². The van der Waals surface area contributed by atoms with Crippen LogP contribution in [0.15, 0.2) is 29.1 Å². The van der Waals surface area contributed by atoms with Crippen LogP contribution in [-0.2, 0) is 4.74 Å². The third-order valence-electron chi connectivity index (χ3n) is 3.04. The molecule has 2 N–H and O–H groups in total. The third-order valence-corrected chi connectivity index (χ3v) is 3.72. The molecular formula is C15H16BrN3O4. The number of nitrogen functional groups attached to an aromatic ring is 1. The predicted octanol–water partition coefficient (Wildman–Crippen LogP) is 2.76. The van der Waals surface area contributed by atoms with E-state index in [1.54, 1.807) is 25.3 Å². The van der Waals surface area contributed by atoms with E-state index in [2.05, 4.69) is 25.9 Å². The Morgan fingerprint density at radius 3 is 2.83 bits per heavy atom. The van der Waals surface area contributed by atoms with E-state index in [0.717, 1.165) is 6.29 Å². The van der Waals surface area contributed by atoms with Gasteiger partial charge in [0, 0.05) is 23.3 Å². The molecule has 1 atom stereocenters. The largest absolute Gasteiger partial charge is 0.482 e. The van der Waals surface area contributed by atoms with Crippen molar-refractivity contribution in [3.8, 4) is 11.5 Å². The molecule has 0 aliphatic rings. The molecule has 0 radical (unpaired) electrons. The number of aldehydes is 1. The van der Waals surface area contributed by atoms with Crippen LogP contribution in [0.5, 0.6) is 11.5 Å². The number of nitrogens with two attached hydrogens (primary N) is 1. The van der Waals surface area contributed by atoms with Crippen LogP contribution in [-0.4, -0.2) is 30.2 Å². The van der Waals surface area contributed by atoms with E-state index >= 15 is 0 Å². The van der Waals surface area contributed by atoms with E-state index in [9.17, 15) is 4.79 Å². The maximum Gasteiger partial charge on any atom is 0.188 e. The average molecular weight is 382 g/mol. The zero-order valence-corrected chi connectivity index (χ0v) is 14.2. The summed E-state index contributed by atoms with van der Waals surface area (Å²) in [5.74, 6) is 1.16. The van der Waals surface area contributed by atoms with Gasteiger partial charge in [0.05, 0.1) is 5.56 Å². The van der Waals surface area contributed by atoms with E-state index < -0.39 is 6.10 Å². The number of benzene rings is 1. The fraction of sp³-hybridized carbons (Fsp3) is 0.267. The van der Waals surface area contributed by atoms with Crippen molar-refractivity contribution in [2.45, 2.75) is 13.0 Å². The number of hydrogen-bond donors (Lipinski definition) is 1. The Kier molecular flexibility index (Phi) is 5.89. The van der Waals surface area contributed by atoms with Gasteiger partial charge in [-0.2, -0.15) is 0 Å². The van der Waals surface area contributed by atoms with Crippen LogP contribution >= 0.6 is 15.9 Å². The molecule has 1 aromatic heterocycles. The molecule has 23 heavy (non-hydrogen) atoms. The molecule has 0 spiro atoms. The molecular weight excluding hydrogens is 366 g/mol. The molecule has 122 valence electrons. The topological polar surface area (TPSA) is 96.6 Å². The fourth-order valence-corrected chi connectivity index (χ4v) is 2.30. The summed E-state index contributed by atoms with van der Waals surface area (Å²) in [6.07, 6.45) is 3.24. The van der Waals surface area contributed by atoms with Gasteiger partial charge in [0.2, 0.25) is 0 Å². The summed E-state index contributed by atoms with van der Waals surface area (Å²) in [5, 5.41) is 0. The van der Waals surface area contributed by atoms with Gasteiger partial charge < -0.3 is 19.9 Å². The van der Waals surface area contributed by atoms with Gasteiger partial charge in [-0.25, -0.2) is 9.97 Å². The van der Waals surface area contributed by atoms with Gasteiger partial charge in [0.15, 0.2) is 24.6 Å². The number of ether oxygens (including phenoxy) is 3. The molecule has 1 aromatic carbocycles. The van der Waals surface area contributed by atoms with Gasteiger partial charge in [0.25, 0.3) is 0 Å². The first-order valence-electron chi connectivity index (χ1n) is 6.69. The highest BCUT2D eigenvalue weighted by molar-refractivity contribution is 9.10. The number of carbonyl (C=O) groups is 1. The minimum absolute atomic E-state index is 0.0498. The Morgan fingerprint density at radius 1 is 1.39 bits per heavy atom. The maximum atomic E-state index is 11.1. The lowest BCUT2D eigenvalue weighted by molar-refractivity contribution is 0.0473. The first-order chi connectivity index (χ1) is 11.1. The number of nitrogens with zero attached hydrogens (tertiary/aromatic N) is 2. The molecule has 1 heterocycles. The van der Waals surface area contributed by atoms with Crippen molar-refractivity contribution < 1.29 is 19.0 Å². The van der Waals surface area contributed by atoms with Crippen molar-refractivity contribution in [1.82, 2.24) is 9.97 Å². The lowest BCUT2D eigenvalue weighted by Crippen LogP contribution is -2.10. The molecule has 2 aromatic rings. The lowest BCUT2D eigenvalue weighted by Gasteiger charge is -2.19. The number of halogens is 1. The number of hydrogen-bond acceptors (Lipinski definition) is 7. The molecule has 2 rings (SSSR count). The summed E-state index contributed by atoms with van der Waals surface area (Å²) >= 11 is 3.31. The summed E-state index contributed by atoms with van der Waals surface area (Å²) in [6.45, 7) is 1.85. The molecule has 0 fully saturated rings. The molecule has 0 aliphatic heterocycles. The third kappa shape index (κ3) is 4.17. The van der Waals surface area contributed by atoms with E-state index in [1.165, 1.54) is 13.4 Å². The second-order valence-corrected chi connectivity index (χ2v) is 5.47. The van der Waals surface area contributed by atoms with Crippen LogP contribution in [0.4, 0.5) is 5.82 Å². The summed E-state index contributed by atoms with van der Waals surface area (Å²) < 4.78 is 16.9. The SMILES string of the molecule is COCOc1cc(Br)c(C=O)cc1OC(C)c1cncnc1N. The quantitative estimate of drug-likeness (QED) is 0.581. The van der Waals surface area contributed by atoms with Gasteiger partial charge in [-0.1, -0.05) is 0 Å². The standard InChI is InChI=1S/C15H16BrN3O4/c1-9(11-5-18-7-19-15(11)17)23-14-3-10(6-20)12(16)4-13(14)22-8-21-2/h3-7,9H,8H2,1-2H3,(H2,17,18,19). The number of carbonyl (C=O) groups excluding carboxylic acids is 1. The monoisotopic (exact) mass is 381 g/mol. The highest BCUT2D eigenvalue weighted by Crippen LogP contribution is 2.36. The normalized spacial score (nSPS) is 11.8. The number of methoxy groups -OCH3 is 1. The molecule has 1 unspecified atom stereocenters. The average Bonchev–Trinajstić information content (AvgIpc) is 2.55. The van der Waals surface area contributed by atoms with Crippen molar-refractivity contribution in [3.05, 3.63) is 40.3 Å². The smallest absolute Gasteiger partial charge is 0.188 e. The predicted molar refractivity (Wildman–Crippen MR) is 87.5 cm³/mol. The van der Waals surface area contributed by atoms with Gasteiger partial charge in [-0.3, -0.25) is 4.79 Å². The van der Waals surface area contributed by atoms with Gasteiger partial charge in [-0.15, -0.1) is 0 Å². The van der Waals surface area contributed by atoms with E-state index in [0.29, 0.717) is 32.9 Å².